The van der Waals surface area contributed by atoms with Crippen LogP contribution in [0, 0.1) is 23.7 Å². The van der Waals surface area contributed by atoms with E-state index in [2.05, 4.69) is 35.3 Å². The molecule has 6 rings (SSSR count). The standard InChI is InChI=1S/C19H17NO2/c1-22-18-14-13-15(14)19(16(18)17(13)21,11-7-3-2-4-8-11)12-9-5-6-10-20-12/h2-10,13-16,18H,1H3/t13?,14?,15-,16+,18+,19-/m0/s1. The van der Waals surface area contributed by atoms with Crippen LogP contribution < -0.4 is 0 Å². The highest BCUT2D eigenvalue weighted by Crippen LogP contribution is 2.78. The van der Waals surface area contributed by atoms with Crippen LogP contribution in [0.1, 0.15) is 11.3 Å². The second-order valence-corrected chi connectivity index (χ2v) is 6.66. The van der Waals surface area contributed by atoms with E-state index in [9.17, 15) is 4.79 Å². The zero-order chi connectivity index (χ0) is 14.9. The summed E-state index contributed by atoms with van der Waals surface area (Å²) in [5, 5.41) is 0. The first-order chi connectivity index (χ1) is 10.8. The minimum absolute atomic E-state index is 0.0460. The normalized spacial score (nSPS) is 41.0. The van der Waals surface area contributed by atoms with Crippen molar-refractivity contribution in [3.63, 3.8) is 0 Å². The second kappa shape index (κ2) is 4.05. The van der Waals surface area contributed by atoms with Crippen LogP contribution in [-0.2, 0) is 14.9 Å². The summed E-state index contributed by atoms with van der Waals surface area (Å²) in [6.45, 7) is 0. The van der Waals surface area contributed by atoms with Gasteiger partial charge in [-0.3, -0.25) is 9.78 Å². The van der Waals surface area contributed by atoms with Crippen LogP contribution >= 0.6 is 0 Å². The number of hydrogen-bond acceptors (Lipinski definition) is 3. The van der Waals surface area contributed by atoms with Crippen LogP contribution in [-0.4, -0.2) is 24.0 Å². The molecule has 1 aromatic carbocycles. The number of ketones is 1. The highest BCUT2D eigenvalue weighted by Gasteiger charge is 2.85. The van der Waals surface area contributed by atoms with E-state index in [0.717, 1.165) is 5.69 Å². The number of benzene rings is 1. The lowest BCUT2D eigenvalue weighted by Crippen LogP contribution is -2.39. The molecule has 0 aliphatic heterocycles. The first-order valence-corrected chi connectivity index (χ1v) is 7.85. The molecule has 6 atom stereocenters. The van der Waals surface area contributed by atoms with Gasteiger partial charge in [-0.25, -0.2) is 0 Å². The van der Waals surface area contributed by atoms with E-state index in [1.807, 2.05) is 24.4 Å². The lowest BCUT2D eigenvalue weighted by Gasteiger charge is -2.34. The second-order valence-electron chi connectivity index (χ2n) is 6.66. The van der Waals surface area contributed by atoms with Gasteiger partial charge in [-0.1, -0.05) is 36.4 Å². The molecule has 0 amide bonds. The average Bonchev–Trinajstić information content (AvgIpc) is 3.04. The molecule has 0 N–H and O–H groups in total. The van der Waals surface area contributed by atoms with Crippen LogP contribution in [0.3, 0.4) is 0 Å². The van der Waals surface area contributed by atoms with Crippen LogP contribution in [0.25, 0.3) is 0 Å². The van der Waals surface area contributed by atoms with Crippen molar-refractivity contribution in [3.8, 4) is 0 Å². The highest BCUT2D eigenvalue weighted by molar-refractivity contribution is 5.97. The van der Waals surface area contributed by atoms with E-state index in [1.165, 1.54) is 5.56 Å². The molecule has 0 radical (unpaired) electrons. The summed E-state index contributed by atoms with van der Waals surface area (Å²) in [6, 6.07) is 16.4. The summed E-state index contributed by atoms with van der Waals surface area (Å²) in [5.74, 6) is 1.21. The Labute approximate surface area is 129 Å². The van der Waals surface area contributed by atoms with Gasteiger partial charge >= 0.3 is 0 Å². The number of hydrogen-bond donors (Lipinski definition) is 0. The summed E-state index contributed by atoms with van der Waals surface area (Å²) >= 11 is 0. The van der Waals surface area contributed by atoms with E-state index in [-0.39, 0.29) is 23.4 Å². The number of aromatic nitrogens is 1. The van der Waals surface area contributed by atoms with Crippen molar-refractivity contribution in [2.45, 2.75) is 11.5 Å². The third-order valence-corrected chi connectivity index (χ3v) is 6.05. The molecule has 4 aliphatic rings. The zero-order valence-electron chi connectivity index (χ0n) is 12.3. The molecule has 1 aromatic heterocycles. The largest absolute Gasteiger partial charge is 0.380 e. The van der Waals surface area contributed by atoms with Gasteiger partial charge in [-0.2, -0.15) is 0 Å². The van der Waals surface area contributed by atoms with Crippen molar-refractivity contribution in [3.05, 3.63) is 66.0 Å². The smallest absolute Gasteiger partial charge is 0.143 e. The van der Waals surface area contributed by atoms with Gasteiger partial charge in [-0.15, -0.1) is 0 Å². The number of methoxy groups -OCH3 is 1. The number of nitrogens with zero attached hydrogens (tertiary/aromatic N) is 1. The number of carbonyl (C=O) groups excluding carboxylic acids is 1. The molecule has 4 bridgehead atoms. The number of rotatable bonds is 3. The van der Waals surface area contributed by atoms with Gasteiger partial charge < -0.3 is 4.74 Å². The Morgan fingerprint density at radius 2 is 1.86 bits per heavy atom. The predicted molar refractivity (Wildman–Crippen MR) is 81.2 cm³/mol. The van der Waals surface area contributed by atoms with Gasteiger partial charge in [0.2, 0.25) is 0 Å². The SMILES string of the molecule is CO[C@@H]1C2C3C(=O)[C@H]1[C@@](c1ccccc1)(c1ccccn1)[C@@H]32. The maximum absolute atomic E-state index is 12.8. The van der Waals surface area contributed by atoms with Gasteiger partial charge in [0.15, 0.2) is 0 Å². The van der Waals surface area contributed by atoms with Crippen molar-refractivity contribution in [1.82, 2.24) is 4.98 Å². The van der Waals surface area contributed by atoms with Crippen LogP contribution in [0.15, 0.2) is 54.7 Å². The lowest BCUT2D eigenvalue weighted by atomic mass is 9.69. The summed E-state index contributed by atoms with van der Waals surface area (Å²) in [6.07, 6.45) is 1.88. The van der Waals surface area contributed by atoms with E-state index in [4.69, 9.17) is 4.74 Å². The summed E-state index contributed by atoms with van der Waals surface area (Å²) in [5.41, 5.74) is 1.94. The highest BCUT2D eigenvalue weighted by atomic mass is 16.5. The van der Waals surface area contributed by atoms with Gasteiger partial charge in [0.05, 0.1) is 23.1 Å². The Hall–Kier alpha value is -2.00. The Balaban J connectivity index is 1.79. The molecular weight excluding hydrogens is 274 g/mol. The molecule has 0 spiro atoms. The molecule has 4 fully saturated rings. The van der Waals surface area contributed by atoms with Crippen molar-refractivity contribution < 1.29 is 9.53 Å². The fourth-order valence-electron chi connectivity index (χ4n) is 5.44. The molecule has 0 saturated heterocycles. The molecule has 1 heterocycles. The quantitative estimate of drug-likeness (QED) is 0.872. The van der Waals surface area contributed by atoms with Crippen LogP contribution in [0.5, 0.6) is 0 Å². The number of Topliss-reactive ketones (excluding diaryl/α,β-unsaturated/α-hetero) is 1. The third kappa shape index (κ3) is 1.19. The van der Waals surface area contributed by atoms with Crippen molar-refractivity contribution >= 4 is 5.78 Å². The fraction of sp³-hybridized carbons (Fsp3) is 0.368. The van der Waals surface area contributed by atoms with E-state index in [0.29, 0.717) is 17.6 Å². The number of pyridine rings is 1. The van der Waals surface area contributed by atoms with Gasteiger partial charge in [-0.05, 0) is 23.6 Å². The minimum Gasteiger partial charge on any atom is -0.380 e. The average molecular weight is 291 g/mol. The maximum Gasteiger partial charge on any atom is 0.143 e. The summed E-state index contributed by atoms with van der Waals surface area (Å²) in [7, 11) is 1.74. The Morgan fingerprint density at radius 1 is 1.09 bits per heavy atom. The monoisotopic (exact) mass is 291 g/mol. The number of ether oxygens (including phenoxy) is 1. The van der Waals surface area contributed by atoms with Crippen molar-refractivity contribution in [2.24, 2.45) is 23.7 Å². The van der Waals surface area contributed by atoms with Gasteiger partial charge in [0.1, 0.15) is 5.78 Å². The molecule has 22 heavy (non-hydrogen) atoms. The summed E-state index contributed by atoms with van der Waals surface area (Å²) < 4.78 is 5.74. The van der Waals surface area contributed by atoms with Crippen LogP contribution in [0.4, 0.5) is 0 Å². The molecule has 3 nitrogen and oxygen atoms in total. The van der Waals surface area contributed by atoms with Crippen molar-refractivity contribution in [2.75, 3.05) is 7.11 Å². The lowest BCUT2D eigenvalue weighted by molar-refractivity contribution is -0.123. The molecule has 110 valence electrons. The van der Waals surface area contributed by atoms with E-state index in [1.54, 1.807) is 7.11 Å². The molecule has 2 unspecified atom stereocenters. The third-order valence-electron chi connectivity index (χ3n) is 6.05. The van der Waals surface area contributed by atoms with Gasteiger partial charge in [0.25, 0.3) is 0 Å². The minimum atomic E-state index is -0.296. The summed E-state index contributed by atoms with van der Waals surface area (Å²) in [4.78, 5) is 17.5. The first-order valence-electron chi connectivity index (χ1n) is 7.85. The molecule has 4 aliphatic carbocycles. The van der Waals surface area contributed by atoms with E-state index < -0.39 is 0 Å². The van der Waals surface area contributed by atoms with Crippen molar-refractivity contribution in [1.29, 1.82) is 0 Å². The zero-order valence-corrected chi connectivity index (χ0v) is 12.3. The van der Waals surface area contributed by atoms with Crippen LogP contribution in [0.2, 0.25) is 0 Å². The Bertz CT molecular complexity index is 703. The molecule has 3 heteroatoms. The molecule has 4 saturated carbocycles. The predicted octanol–water partition coefficient (Wildman–Crippen LogP) is 2.46. The molecular formula is C19H17NO2. The van der Waals surface area contributed by atoms with E-state index >= 15 is 0 Å². The molecule has 2 aromatic rings. The maximum atomic E-state index is 12.8. The Kier molecular flexibility index (Phi) is 2.31. The fourth-order valence-corrected chi connectivity index (χ4v) is 5.44. The number of carbonyl (C=O) groups is 1. The van der Waals surface area contributed by atoms with Gasteiger partial charge in [0, 0.05) is 25.1 Å². The topological polar surface area (TPSA) is 39.2 Å². The first kappa shape index (κ1) is 12.5. The Morgan fingerprint density at radius 3 is 2.45 bits per heavy atom.